The van der Waals surface area contributed by atoms with Gasteiger partial charge in [0.25, 0.3) is 0 Å². The van der Waals surface area contributed by atoms with Crippen molar-refractivity contribution < 1.29 is 23.7 Å². The Kier molecular flexibility index (Phi) is 4.66. The van der Waals surface area contributed by atoms with Crippen molar-refractivity contribution in [3.05, 3.63) is 35.9 Å². The molecule has 1 aromatic carbocycles. The molecule has 1 aromatic rings. The molecule has 4 nitrogen and oxygen atoms in total. The van der Waals surface area contributed by atoms with Crippen molar-refractivity contribution in [2.24, 2.45) is 0 Å². The number of aliphatic hydroxyl groups is 1. The number of alkyl halides is 1. The van der Waals surface area contributed by atoms with Gasteiger partial charge in [-0.05, 0) is 5.56 Å². The predicted octanol–water partition coefficient (Wildman–Crippen LogP) is 1.27. The smallest absolute Gasteiger partial charge is 0.186 e. The minimum absolute atomic E-state index is 0.0903. The number of aliphatic hydroxyl groups excluding tert-OH is 1. The van der Waals surface area contributed by atoms with E-state index in [0.717, 1.165) is 5.56 Å². The van der Waals surface area contributed by atoms with Gasteiger partial charge in [0.15, 0.2) is 12.5 Å². The molecule has 1 saturated heterocycles. The Labute approximate surface area is 105 Å². The van der Waals surface area contributed by atoms with Crippen LogP contribution in [0.25, 0.3) is 0 Å². The maximum absolute atomic E-state index is 13.6. The molecule has 0 bridgehead atoms. The molecule has 0 aromatic heterocycles. The topological polar surface area (TPSA) is 47.9 Å². The summed E-state index contributed by atoms with van der Waals surface area (Å²) in [7, 11) is 1.37. The lowest BCUT2D eigenvalue weighted by Crippen LogP contribution is -2.31. The number of hydrogen-bond donors (Lipinski definition) is 1. The van der Waals surface area contributed by atoms with Crippen LogP contribution in [0.15, 0.2) is 30.3 Å². The summed E-state index contributed by atoms with van der Waals surface area (Å²) in [6, 6.07) is 9.59. The van der Waals surface area contributed by atoms with Crippen molar-refractivity contribution in [2.75, 3.05) is 13.7 Å². The van der Waals surface area contributed by atoms with E-state index in [9.17, 15) is 9.50 Å². The van der Waals surface area contributed by atoms with Crippen LogP contribution in [0.3, 0.4) is 0 Å². The van der Waals surface area contributed by atoms with E-state index in [0.29, 0.717) is 6.61 Å². The van der Waals surface area contributed by atoms with Gasteiger partial charge in [-0.3, -0.25) is 0 Å². The first kappa shape index (κ1) is 13.4. The maximum Gasteiger partial charge on any atom is 0.186 e. The van der Waals surface area contributed by atoms with Crippen LogP contribution in [0, 0.1) is 0 Å². The van der Waals surface area contributed by atoms with Crippen LogP contribution in [-0.2, 0) is 20.8 Å². The van der Waals surface area contributed by atoms with Gasteiger partial charge in [-0.15, -0.1) is 0 Å². The van der Waals surface area contributed by atoms with Gasteiger partial charge >= 0.3 is 0 Å². The fourth-order valence-electron chi connectivity index (χ4n) is 1.89. The summed E-state index contributed by atoms with van der Waals surface area (Å²) in [6.45, 7) is 0.480. The molecule has 0 radical (unpaired) electrons. The molecule has 0 unspecified atom stereocenters. The lowest BCUT2D eigenvalue weighted by Gasteiger charge is -2.13. The van der Waals surface area contributed by atoms with E-state index in [1.165, 1.54) is 7.11 Å². The molecule has 0 saturated carbocycles. The number of halogens is 1. The van der Waals surface area contributed by atoms with E-state index in [-0.39, 0.29) is 6.61 Å². The van der Waals surface area contributed by atoms with Crippen molar-refractivity contribution in [2.45, 2.75) is 31.3 Å². The Morgan fingerprint density at radius 2 is 2.06 bits per heavy atom. The van der Waals surface area contributed by atoms with Crippen LogP contribution in [0.5, 0.6) is 0 Å². The molecule has 0 spiro atoms. The van der Waals surface area contributed by atoms with Crippen LogP contribution in [0.4, 0.5) is 4.39 Å². The van der Waals surface area contributed by atoms with Crippen LogP contribution in [0.2, 0.25) is 0 Å². The molecule has 0 amide bonds. The van der Waals surface area contributed by atoms with Crippen LogP contribution >= 0.6 is 0 Å². The number of benzene rings is 1. The van der Waals surface area contributed by atoms with E-state index in [1.54, 1.807) is 0 Å². The van der Waals surface area contributed by atoms with Crippen molar-refractivity contribution in [1.82, 2.24) is 0 Å². The molecule has 1 heterocycles. The molecule has 1 N–H and O–H groups in total. The van der Waals surface area contributed by atoms with Crippen LogP contribution in [0.1, 0.15) is 5.56 Å². The molecular formula is C13H17FO4. The highest BCUT2D eigenvalue weighted by Crippen LogP contribution is 2.24. The minimum Gasteiger partial charge on any atom is -0.385 e. The van der Waals surface area contributed by atoms with Crippen molar-refractivity contribution in [3.8, 4) is 0 Å². The lowest BCUT2D eigenvalue weighted by molar-refractivity contribution is -0.156. The molecule has 5 heteroatoms. The minimum atomic E-state index is -1.48. The molecule has 0 aliphatic carbocycles. The zero-order valence-corrected chi connectivity index (χ0v) is 10.2. The van der Waals surface area contributed by atoms with Gasteiger partial charge in [-0.2, -0.15) is 0 Å². The van der Waals surface area contributed by atoms with Gasteiger partial charge in [-0.25, -0.2) is 4.39 Å². The second-order valence-corrected chi connectivity index (χ2v) is 4.21. The SMILES string of the molecule is CO[C@@H]1O[C@H](COCc2ccccc2)[C@@H](F)[C@@H]1O. The lowest BCUT2D eigenvalue weighted by atomic mass is 10.2. The summed E-state index contributed by atoms with van der Waals surface area (Å²) in [4.78, 5) is 0. The standard InChI is InChI=1S/C13H17FO4/c1-16-13-12(15)11(14)10(18-13)8-17-7-9-5-3-2-4-6-9/h2-6,10-13,15H,7-8H2,1H3/t10-,11-,12+,13-/m1/s1. The molecule has 4 atom stereocenters. The third-order valence-corrected chi connectivity index (χ3v) is 2.90. The average Bonchev–Trinajstić information content (AvgIpc) is 2.68. The monoisotopic (exact) mass is 256 g/mol. The molecular weight excluding hydrogens is 239 g/mol. The normalized spacial score (nSPS) is 31.7. The Morgan fingerprint density at radius 3 is 2.67 bits per heavy atom. The largest absolute Gasteiger partial charge is 0.385 e. The molecule has 2 rings (SSSR count). The molecule has 1 aliphatic heterocycles. The average molecular weight is 256 g/mol. The summed E-state index contributed by atoms with van der Waals surface area (Å²) >= 11 is 0. The van der Waals surface area contributed by atoms with Gasteiger partial charge in [-0.1, -0.05) is 30.3 Å². The Balaban J connectivity index is 1.77. The fraction of sp³-hybridized carbons (Fsp3) is 0.538. The zero-order valence-electron chi connectivity index (χ0n) is 10.2. The van der Waals surface area contributed by atoms with Crippen LogP contribution in [-0.4, -0.2) is 43.5 Å². The highest BCUT2D eigenvalue weighted by Gasteiger charge is 2.44. The molecule has 1 aliphatic rings. The highest BCUT2D eigenvalue weighted by atomic mass is 19.1. The van der Waals surface area contributed by atoms with E-state index < -0.39 is 24.7 Å². The molecule has 1 fully saturated rings. The van der Waals surface area contributed by atoms with Gasteiger partial charge in [0.1, 0.15) is 12.2 Å². The van der Waals surface area contributed by atoms with Crippen LogP contribution < -0.4 is 0 Å². The second kappa shape index (κ2) is 6.24. The number of methoxy groups -OCH3 is 1. The predicted molar refractivity (Wildman–Crippen MR) is 62.7 cm³/mol. The first-order valence-electron chi connectivity index (χ1n) is 5.84. The Bertz CT molecular complexity index is 359. The summed E-state index contributed by atoms with van der Waals surface area (Å²) in [5.41, 5.74) is 1.01. The van der Waals surface area contributed by atoms with Crippen molar-refractivity contribution >= 4 is 0 Å². The third-order valence-electron chi connectivity index (χ3n) is 2.90. The summed E-state index contributed by atoms with van der Waals surface area (Å²) in [5.74, 6) is 0. The number of ether oxygens (including phenoxy) is 3. The zero-order chi connectivity index (χ0) is 13.0. The second-order valence-electron chi connectivity index (χ2n) is 4.21. The first-order chi connectivity index (χ1) is 8.72. The van der Waals surface area contributed by atoms with E-state index >= 15 is 0 Å². The van der Waals surface area contributed by atoms with Gasteiger partial charge in [0, 0.05) is 7.11 Å². The number of hydrogen-bond acceptors (Lipinski definition) is 4. The number of rotatable bonds is 5. The quantitative estimate of drug-likeness (QED) is 0.862. The van der Waals surface area contributed by atoms with Gasteiger partial charge in [0.05, 0.1) is 13.2 Å². The molecule has 18 heavy (non-hydrogen) atoms. The van der Waals surface area contributed by atoms with Crippen molar-refractivity contribution in [1.29, 1.82) is 0 Å². The first-order valence-corrected chi connectivity index (χ1v) is 5.84. The summed E-state index contributed by atoms with van der Waals surface area (Å²) in [6.07, 6.45) is -4.43. The Hall–Kier alpha value is -1.01. The third kappa shape index (κ3) is 3.05. The van der Waals surface area contributed by atoms with E-state index in [1.807, 2.05) is 30.3 Å². The van der Waals surface area contributed by atoms with E-state index in [2.05, 4.69) is 0 Å². The van der Waals surface area contributed by atoms with Gasteiger partial charge in [0.2, 0.25) is 0 Å². The maximum atomic E-state index is 13.6. The van der Waals surface area contributed by atoms with E-state index in [4.69, 9.17) is 14.2 Å². The highest BCUT2D eigenvalue weighted by molar-refractivity contribution is 5.13. The Morgan fingerprint density at radius 1 is 1.33 bits per heavy atom. The van der Waals surface area contributed by atoms with Crippen molar-refractivity contribution in [3.63, 3.8) is 0 Å². The fourth-order valence-corrected chi connectivity index (χ4v) is 1.89. The van der Waals surface area contributed by atoms with Gasteiger partial charge < -0.3 is 19.3 Å². The summed E-state index contributed by atoms with van der Waals surface area (Å²) < 4.78 is 29.0. The molecule has 100 valence electrons. The summed E-state index contributed by atoms with van der Waals surface area (Å²) in [5, 5.41) is 9.46.